The van der Waals surface area contributed by atoms with Gasteiger partial charge in [-0.1, -0.05) is 20.8 Å². The molecular formula is C16H24N8. The first-order chi connectivity index (χ1) is 11.3. The molecule has 0 amide bonds. The van der Waals surface area contributed by atoms with E-state index in [1.165, 1.54) is 0 Å². The monoisotopic (exact) mass is 328 g/mol. The summed E-state index contributed by atoms with van der Waals surface area (Å²) in [6.45, 7) is 11.2. The van der Waals surface area contributed by atoms with E-state index >= 15 is 0 Å². The van der Waals surface area contributed by atoms with Crippen LogP contribution in [0.3, 0.4) is 0 Å². The van der Waals surface area contributed by atoms with Crippen molar-refractivity contribution in [1.82, 2.24) is 34.5 Å². The molecule has 3 aromatic heterocycles. The number of fused-ring (bicyclic) bond motifs is 1. The smallest absolute Gasteiger partial charge is 0.163 e. The van der Waals surface area contributed by atoms with Gasteiger partial charge in [0.25, 0.3) is 0 Å². The summed E-state index contributed by atoms with van der Waals surface area (Å²) >= 11 is 0. The molecule has 3 rings (SSSR count). The number of hydrogen-bond acceptors (Lipinski definition) is 6. The molecule has 0 aliphatic rings. The third kappa shape index (κ3) is 2.83. The van der Waals surface area contributed by atoms with Gasteiger partial charge < -0.3 is 5.32 Å². The fourth-order valence-corrected chi connectivity index (χ4v) is 2.59. The molecule has 3 aromatic rings. The minimum atomic E-state index is -0.151. The Hall–Kier alpha value is -2.51. The summed E-state index contributed by atoms with van der Waals surface area (Å²) in [6.07, 6.45) is 3.37. The number of rotatable bonds is 4. The van der Waals surface area contributed by atoms with Crippen LogP contribution in [0, 0.1) is 0 Å². The topological polar surface area (TPSA) is 86.3 Å². The maximum Gasteiger partial charge on any atom is 0.163 e. The molecule has 0 saturated heterocycles. The summed E-state index contributed by atoms with van der Waals surface area (Å²) in [4.78, 5) is 13.8. The maximum absolute atomic E-state index is 4.76. The van der Waals surface area contributed by atoms with Crippen molar-refractivity contribution < 1.29 is 0 Å². The lowest BCUT2D eigenvalue weighted by atomic mass is 9.95. The predicted octanol–water partition coefficient (Wildman–Crippen LogP) is 2.45. The van der Waals surface area contributed by atoms with Gasteiger partial charge in [0.15, 0.2) is 5.65 Å². The van der Waals surface area contributed by atoms with E-state index in [1.54, 1.807) is 17.2 Å². The Balaban J connectivity index is 2.05. The summed E-state index contributed by atoms with van der Waals surface area (Å²) in [7, 11) is 1.89. The normalized spacial score (nSPS) is 13.4. The molecule has 8 nitrogen and oxygen atoms in total. The first-order valence-electron chi connectivity index (χ1n) is 8.15. The molecule has 0 unspecified atom stereocenters. The van der Waals surface area contributed by atoms with Gasteiger partial charge in [-0.2, -0.15) is 10.2 Å². The highest BCUT2D eigenvalue weighted by molar-refractivity contribution is 5.86. The molecule has 8 heteroatoms. The van der Waals surface area contributed by atoms with Gasteiger partial charge in [-0.05, 0) is 13.8 Å². The molecule has 1 atom stereocenters. The fraction of sp³-hybridized carbons (Fsp3) is 0.562. The molecule has 24 heavy (non-hydrogen) atoms. The zero-order valence-corrected chi connectivity index (χ0v) is 15.1. The van der Waals surface area contributed by atoms with Crippen LogP contribution in [0.5, 0.6) is 0 Å². The van der Waals surface area contributed by atoms with Gasteiger partial charge in [0, 0.05) is 19.0 Å². The third-order valence-corrected chi connectivity index (χ3v) is 3.95. The van der Waals surface area contributed by atoms with Gasteiger partial charge in [0.2, 0.25) is 0 Å². The number of aryl methyl sites for hydroxylation is 2. The Morgan fingerprint density at radius 3 is 2.62 bits per heavy atom. The summed E-state index contributed by atoms with van der Waals surface area (Å²) in [5.41, 5.74) is 0.670. The highest BCUT2D eigenvalue weighted by Crippen LogP contribution is 2.27. The van der Waals surface area contributed by atoms with Gasteiger partial charge in [-0.3, -0.25) is 4.68 Å². The number of nitrogens with one attached hydrogen (secondary N) is 1. The second-order valence-electron chi connectivity index (χ2n) is 6.95. The van der Waals surface area contributed by atoms with Gasteiger partial charge in [0.05, 0.1) is 17.6 Å². The van der Waals surface area contributed by atoms with Crippen molar-refractivity contribution in [1.29, 1.82) is 0 Å². The Morgan fingerprint density at radius 2 is 1.96 bits per heavy atom. The van der Waals surface area contributed by atoms with Gasteiger partial charge in [0.1, 0.15) is 23.8 Å². The van der Waals surface area contributed by atoms with Crippen molar-refractivity contribution in [3.63, 3.8) is 0 Å². The summed E-state index contributed by atoms with van der Waals surface area (Å²) < 4.78 is 3.65. The lowest BCUT2D eigenvalue weighted by Crippen LogP contribution is -2.20. The number of hydrogen-bond donors (Lipinski definition) is 1. The van der Waals surface area contributed by atoms with E-state index in [1.807, 2.05) is 18.7 Å². The molecule has 0 bridgehead atoms. The minimum Gasteiger partial charge on any atom is -0.360 e. The summed E-state index contributed by atoms with van der Waals surface area (Å²) in [6, 6.07) is -0.0291. The van der Waals surface area contributed by atoms with E-state index < -0.39 is 0 Å². The number of aromatic nitrogens is 7. The van der Waals surface area contributed by atoms with Gasteiger partial charge >= 0.3 is 0 Å². The molecule has 0 radical (unpaired) electrons. The molecule has 0 aliphatic heterocycles. The Labute approximate surface area is 141 Å². The van der Waals surface area contributed by atoms with Crippen molar-refractivity contribution in [3.8, 4) is 0 Å². The molecule has 0 aromatic carbocycles. The second-order valence-corrected chi connectivity index (χ2v) is 6.95. The molecule has 0 saturated carbocycles. The van der Waals surface area contributed by atoms with Crippen LogP contribution in [0.15, 0.2) is 12.5 Å². The molecule has 0 spiro atoms. The lowest BCUT2D eigenvalue weighted by molar-refractivity contribution is 0.546. The number of anilines is 1. The fourth-order valence-electron chi connectivity index (χ4n) is 2.59. The van der Waals surface area contributed by atoms with Crippen molar-refractivity contribution >= 4 is 16.9 Å². The molecule has 128 valence electrons. The van der Waals surface area contributed by atoms with Crippen LogP contribution in [-0.2, 0) is 19.0 Å². The SMILES string of the molecule is CCn1ncnc1[C@H](C)Nc1nc(C(C)(C)C)nc2c1cnn2C. The Bertz CT molecular complexity index is 855. The van der Waals surface area contributed by atoms with Crippen LogP contribution in [0.4, 0.5) is 5.82 Å². The highest BCUT2D eigenvalue weighted by atomic mass is 15.3. The van der Waals surface area contributed by atoms with Crippen molar-refractivity contribution in [3.05, 3.63) is 24.2 Å². The zero-order chi connectivity index (χ0) is 17.5. The summed E-state index contributed by atoms with van der Waals surface area (Å²) in [5.74, 6) is 2.44. The molecule has 0 aliphatic carbocycles. The van der Waals surface area contributed by atoms with Crippen LogP contribution in [0.2, 0.25) is 0 Å². The third-order valence-electron chi connectivity index (χ3n) is 3.95. The Morgan fingerprint density at radius 1 is 1.21 bits per heavy atom. The van der Waals surface area contributed by atoms with Crippen LogP contribution in [-0.4, -0.2) is 34.5 Å². The van der Waals surface area contributed by atoms with E-state index in [2.05, 4.69) is 53.2 Å². The standard InChI is InChI=1S/C16H24N8/c1-7-24-13(17-9-19-24)10(2)20-12-11-8-18-23(6)14(11)22-15(21-12)16(3,4)5/h8-10H,7H2,1-6H3,(H,20,21,22)/t10-/m0/s1. The highest BCUT2D eigenvalue weighted by Gasteiger charge is 2.22. The average molecular weight is 328 g/mol. The zero-order valence-electron chi connectivity index (χ0n) is 15.1. The lowest BCUT2D eigenvalue weighted by Gasteiger charge is -2.20. The minimum absolute atomic E-state index is 0.0291. The van der Waals surface area contributed by atoms with Crippen LogP contribution >= 0.6 is 0 Å². The number of nitrogens with zero attached hydrogens (tertiary/aromatic N) is 7. The van der Waals surface area contributed by atoms with E-state index in [0.29, 0.717) is 0 Å². The van der Waals surface area contributed by atoms with Crippen LogP contribution < -0.4 is 5.32 Å². The van der Waals surface area contributed by atoms with Crippen molar-refractivity contribution in [2.24, 2.45) is 7.05 Å². The van der Waals surface area contributed by atoms with E-state index in [4.69, 9.17) is 4.98 Å². The van der Waals surface area contributed by atoms with Crippen LogP contribution in [0.1, 0.15) is 52.3 Å². The first-order valence-corrected chi connectivity index (χ1v) is 8.15. The van der Waals surface area contributed by atoms with Crippen LogP contribution in [0.25, 0.3) is 11.0 Å². The average Bonchev–Trinajstić information content (AvgIpc) is 3.13. The molecule has 3 heterocycles. The quantitative estimate of drug-likeness (QED) is 0.791. The molecule has 0 fully saturated rings. The van der Waals surface area contributed by atoms with E-state index in [9.17, 15) is 0 Å². The van der Waals surface area contributed by atoms with Crippen molar-refractivity contribution in [2.45, 2.75) is 52.6 Å². The van der Waals surface area contributed by atoms with E-state index in [-0.39, 0.29) is 11.5 Å². The molecule has 1 N–H and O–H groups in total. The predicted molar refractivity (Wildman–Crippen MR) is 92.7 cm³/mol. The van der Waals surface area contributed by atoms with Gasteiger partial charge in [-0.15, -0.1) is 0 Å². The van der Waals surface area contributed by atoms with E-state index in [0.717, 1.165) is 35.0 Å². The van der Waals surface area contributed by atoms with Gasteiger partial charge in [-0.25, -0.2) is 19.6 Å². The van der Waals surface area contributed by atoms with Crippen molar-refractivity contribution in [2.75, 3.05) is 5.32 Å². The largest absolute Gasteiger partial charge is 0.360 e. The summed E-state index contributed by atoms with van der Waals surface area (Å²) in [5, 5.41) is 12.9. The second kappa shape index (κ2) is 5.85. The Kier molecular flexibility index (Phi) is 3.98. The maximum atomic E-state index is 4.76. The first kappa shape index (κ1) is 16.4. The molecular weight excluding hydrogens is 304 g/mol.